The van der Waals surface area contributed by atoms with Gasteiger partial charge in [-0.3, -0.25) is 0 Å². The topological polar surface area (TPSA) is 6.48 Å². The third kappa shape index (κ3) is 1.03. The van der Waals surface area contributed by atoms with E-state index < -0.39 is 0 Å². The van der Waals surface area contributed by atoms with Gasteiger partial charge in [-0.15, -0.1) is 0 Å². The van der Waals surface area contributed by atoms with Crippen LogP contribution in [0.15, 0.2) is 12.3 Å². The van der Waals surface area contributed by atoms with Crippen LogP contribution in [0.4, 0.5) is 0 Å². The first-order valence-electron chi connectivity index (χ1n) is 4.02. The highest BCUT2D eigenvalue weighted by Gasteiger charge is 2.17. The van der Waals surface area contributed by atoms with Crippen molar-refractivity contribution in [1.82, 2.24) is 10.0 Å². The van der Waals surface area contributed by atoms with Crippen LogP contribution in [0, 0.1) is 6.54 Å². The van der Waals surface area contributed by atoms with E-state index in [1.807, 2.05) is 0 Å². The van der Waals surface area contributed by atoms with Gasteiger partial charge in [0.25, 0.3) is 0 Å². The molecule has 0 bridgehead atoms. The number of nitrogens with zero attached hydrogens (tertiary/aromatic N) is 2. The molecule has 0 N–H and O–H groups in total. The number of rotatable bonds is 0. The summed E-state index contributed by atoms with van der Waals surface area (Å²) in [5.41, 5.74) is 0. The largest absolute Gasteiger partial charge is 0.313 e. The molecule has 2 nitrogen and oxygen atoms in total. The fourth-order valence-electron chi connectivity index (χ4n) is 1.54. The van der Waals surface area contributed by atoms with Crippen molar-refractivity contribution >= 4 is 0 Å². The molecule has 0 saturated carbocycles. The summed E-state index contributed by atoms with van der Waals surface area (Å²) in [5.74, 6) is 0. The van der Waals surface area contributed by atoms with E-state index in [2.05, 4.69) is 28.8 Å². The fraction of sp³-hybridized carbons (Fsp3) is 0.625. The van der Waals surface area contributed by atoms with Crippen molar-refractivity contribution in [2.24, 2.45) is 0 Å². The Kier molecular flexibility index (Phi) is 1.63. The van der Waals surface area contributed by atoms with Crippen molar-refractivity contribution in [3.63, 3.8) is 0 Å². The minimum absolute atomic E-state index is 1.20. The lowest BCUT2D eigenvalue weighted by atomic mass is 10.2. The number of hydrogen-bond acceptors (Lipinski definition) is 2. The molecule has 0 atom stereocenters. The number of hydrazine groups is 1. The molecule has 1 fully saturated rings. The summed E-state index contributed by atoms with van der Waals surface area (Å²) in [6, 6.07) is 0. The van der Waals surface area contributed by atoms with Crippen molar-refractivity contribution in [3.05, 3.63) is 18.8 Å². The van der Waals surface area contributed by atoms with Crippen LogP contribution in [0.1, 0.15) is 19.3 Å². The molecule has 0 aromatic rings. The van der Waals surface area contributed by atoms with E-state index in [1.54, 1.807) is 0 Å². The van der Waals surface area contributed by atoms with Gasteiger partial charge in [0.15, 0.2) is 0 Å². The Balaban J connectivity index is 2.00. The quantitative estimate of drug-likeness (QED) is 0.497. The lowest BCUT2D eigenvalue weighted by Crippen LogP contribution is -2.32. The monoisotopic (exact) mass is 137 g/mol. The zero-order valence-electron chi connectivity index (χ0n) is 6.16. The zero-order valence-corrected chi connectivity index (χ0v) is 6.16. The van der Waals surface area contributed by atoms with Gasteiger partial charge < -0.3 is 5.01 Å². The molecule has 0 aromatic carbocycles. The zero-order chi connectivity index (χ0) is 6.81. The van der Waals surface area contributed by atoms with Crippen LogP contribution >= 0.6 is 0 Å². The summed E-state index contributed by atoms with van der Waals surface area (Å²) in [6.45, 7) is 4.56. The summed E-state index contributed by atoms with van der Waals surface area (Å²) < 4.78 is 0. The maximum absolute atomic E-state index is 2.30. The first-order valence-corrected chi connectivity index (χ1v) is 4.02. The van der Waals surface area contributed by atoms with Gasteiger partial charge in [0.1, 0.15) is 0 Å². The van der Waals surface area contributed by atoms with Gasteiger partial charge in [0.2, 0.25) is 0 Å². The Bertz CT molecular complexity index is 142. The Hall–Kier alpha value is -0.500. The summed E-state index contributed by atoms with van der Waals surface area (Å²) in [6.07, 6.45) is 8.34. The average Bonchev–Trinajstić information content (AvgIpc) is 2.28. The minimum atomic E-state index is 1.20. The first kappa shape index (κ1) is 6.23. The second kappa shape index (κ2) is 2.62. The van der Waals surface area contributed by atoms with E-state index in [4.69, 9.17) is 0 Å². The Morgan fingerprint density at radius 2 is 1.70 bits per heavy atom. The normalized spacial score (nSPS) is 26.6. The lowest BCUT2D eigenvalue weighted by molar-refractivity contribution is 0.0890. The predicted octanol–water partition coefficient (Wildman–Crippen LogP) is 1.38. The van der Waals surface area contributed by atoms with Crippen LogP contribution in [0.2, 0.25) is 0 Å². The fourth-order valence-corrected chi connectivity index (χ4v) is 1.54. The molecule has 0 aliphatic carbocycles. The summed E-state index contributed by atoms with van der Waals surface area (Å²) in [5, 5.41) is 4.60. The number of hydrogen-bond donors (Lipinski definition) is 0. The maximum Gasteiger partial charge on any atom is 0.0700 e. The average molecular weight is 137 g/mol. The standard InChI is InChI=1S/C8H13N2/c1-2-5-9-7-4-8-10(9)6-3-1/h4,7-8H,1-3,5-6H2. The van der Waals surface area contributed by atoms with Gasteiger partial charge in [-0.1, -0.05) is 6.42 Å². The van der Waals surface area contributed by atoms with Gasteiger partial charge in [0, 0.05) is 19.3 Å². The van der Waals surface area contributed by atoms with E-state index in [0.717, 1.165) is 0 Å². The van der Waals surface area contributed by atoms with Crippen LogP contribution in [0.3, 0.4) is 0 Å². The van der Waals surface area contributed by atoms with E-state index in [-0.39, 0.29) is 0 Å². The highest BCUT2D eigenvalue weighted by molar-refractivity contribution is 5.00. The van der Waals surface area contributed by atoms with Crippen molar-refractivity contribution in [2.45, 2.75) is 19.3 Å². The molecule has 1 saturated heterocycles. The third-order valence-corrected chi connectivity index (χ3v) is 2.12. The Morgan fingerprint density at radius 1 is 0.900 bits per heavy atom. The van der Waals surface area contributed by atoms with Crippen LogP contribution < -0.4 is 0 Å². The van der Waals surface area contributed by atoms with Gasteiger partial charge >= 0.3 is 0 Å². The summed E-state index contributed by atoms with van der Waals surface area (Å²) in [4.78, 5) is 0. The minimum Gasteiger partial charge on any atom is -0.313 e. The van der Waals surface area contributed by atoms with E-state index >= 15 is 0 Å². The summed E-state index contributed by atoms with van der Waals surface area (Å²) in [7, 11) is 0. The SMILES string of the molecule is [CH]1C=CN2CCCCCN12. The molecule has 0 amide bonds. The molecule has 0 spiro atoms. The highest BCUT2D eigenvalue weighted by atomic mass is 15.6. The van der Waals surface area contributed by atoms with Crippen LogP contribution in [-0.4, -0.2) is 23.1 Å². The van der Waals surface area contributed by atoms with Gasteiger partial charge in [-0.2, -0.15) is 0 Å². The molecule has 0 unspecified atom stereocenters. The molecule has 10 heavy (non-hydrogen) atoms. The lowest BCUT2D eigenvalue weighted by Gasteiger charge is -2.25. The number of fused-ring (bicyclic) bond motifs is 1. The molecule has 0 aromatic heterocycles. The van der Waals surface area contributed by atoms with Crippen LogP contribution in [-0.2, 0) is 0 Å². The molecule has 2 rings (SSSR count). The van der Waals surface area contributed by atoms with Crippen molar-refractivity contribution in [1.29, 1.82) is 0 Å². The molecular weight excluding hydrogens is 124 g/mol. The highest BCUT2D eigenvalue weighted by Crippen LogP contribution is 2.17. The van der Waals surface area contributed by atoms with E-state index in [1.165, 1.54) is 32.4 Å². The molecule has 2 heteroatoms. The summed E-state index contributed by atoms with van der Waals surface area (Å²) >= 11 is 0. The van der Waals surface area contributed by atoms with Gasteiger partial charge in [0.05, 0.1) is 6.54 Å². The molecule has 1 radical (unpaired) electrons. The van der Waals surface area contributed by atoms with E-state index in [9.17, 15) is 0 Å². The Labute approximate surface area is 62.1 Å². The van der Waals surface area contributed by atoms with Crippen LogP contribution in [0.5, 0.6) is 0 Å². The van der Waals surface area contributed by atoms with Crippen molar-refractivity contribution in [3.8, 4) is 0 Å². The first-order chi connectivity index (χ1) is 4.97. The smallest absolute Gasteiger partial charge is 0.0700 e. The molecule has 2 aliphatic rings. The van der Waals surface area contributed by atoms with Crippen LogP contribution in [0.25, 0.3) is 0 Å². The second-order valence-electron chi connectivity index (χ2n) is 2.88. The van der Waals surface area contributed by atoms with Gasteiger partial charge in [-0.25, -0.2) is 5.01 Å². The van der Waals surface area contributed by atoms with E-state index in [0.29, 0.717) is 0 Å². The molecule has 2 aliphatic heterocycles. The van der Waals surface area contributed by atoms with Crippen molar-refractivity contribution < 1.29 is 0 Å². The Morgan fingerprint density at radius 3 is 2.60 bits per heavy atom. The maximum atomic E-state index is 2.30. The molecular formula is C8H13N2. The van der Waals surface area contributed by atoms with Crippen molar-refractivity contribution in [2.75, 3.05) is 13.1 Å². The molecule has 2 heterocycles. The van der Waals surface area contributed by atoms with Gasteiger partial charge in [-0.05, 0) is 18.9 Å². The predicted molar refractivity (Wildman–Crippen MR) is 40.7 cm³/mol. The second-order valence-corrected chi connectivity index (χ2v) is 2.88. The molecule has 55 valence electrons. The third-order valence-electron chi connectivity index (χ3n) is 2.12.